The van der Waals surface area contributed by atoms with Gasteiger partial charge in [0.05, 0.1) is 18.7 Å². The second-order valence-corrected chi connectivity index (χ2v) is 7.52. The highest BCUT2D eigenvalue weighted by atomic mass is 19.1. The van der Waals surface area contributed by atoms with Gasteiger partial charge in [0.2, 0.25) is 5.91 Å². The van der Waals surface area contributed by atoms with Crippen molar-refractivity contribution in [2.24, 2.45) is 0 Å². The van der Waals surface area contributed by atoms with Crippen LogP contribution < -0.4 is 0 Å². The number of aryl methyl sites for hydroxylation is 1. The zero-order chi connectivity index (χ0) is 21.7. The number of esters is 1. The molecule has 0 spiro atoms. The topological polar surface area (TPSA) is 46.6 Å². The maximum Gasteiger partial charge on any atom is 0.336 e. The molecule has 1 unspecified atom stereocenters. The Morgan fingerprint density at radius 2 is 1.83 bits per heavy atom. The van der Waals surface area contributed by atoms with Gasteiger partial charge >= 0.3 is 5.97 Å². The van der Waals surface area contributed by atoms with E-state index in [1.807, 2.05) is 38.1 Å². The van der Waals surface area contributed by atoms with Crippen molar-refractivity contribution in [1.82, 2.24) is 4.90 Å². The Hall–Kier alpha value is -2.95. The number of carbonyl (C=O) groups excluding carboxylic acids is 2. The molecule has 0 fully saturated rings. The molecule has 1 aliphatic heterocycles. The van der Waals surface area contributed by atoms with E-state index in [0.717, 1.165) is 17.5 Å². The molecule has 0 saturated carbocycles. The van der Waals surface area contributed by atoms with Gasteiger partial charge in [0.25, 0.3) is 0 Å². The van der Waals surface area contributed by atoms with Gasteiger partial charge in [0, 0.05) is 23.6 Å². The number of allylic oxidation sites excluding steroid dienone is 1. The number of halogens is 1. The maximum atomic E-state index is 14.3. The summed E-state index contributed by atoms with van der Waals surface area (Å²) in [4.78, 5) is 27.9. The molecule has 0 saturated heterocycles. The van der Waals surface area contributed by atoms with Crippen molar-refractivity contribution >= 4 is 11.9 Å². The minimum absolute atomic E-state index is 0.101. The van der Waals surface area contributed by atoms with Crippen LogP contribution in [0.2, 0.25) is 0 Å². The summed E-state index contributed by atoms with van der Waals surface area (Å²) in [5.41, 5.74) is 3.56. The highest BCUT2D eigenvalue weighted by Gasteiger charge is 2.38. The molecule has 3 rings (SSSR count). The van der Waals surface area contributed by atoms with Crippen molar-refractivity contribution in [1.29, 1.82) is 0 Å². The van der Waals surface area contributed by atoms with Crippen LogP contribution in [0, 0.1) is 12.7 Å². The Morgan fingerprint density at radius 1 is 1.13 bits per heavy atom. The number of benzene rings is 2. The van der Waals surface area contributed by atoms with Gasteiger partial charge in [-0.1, -0.05) is 55.8 Å². The molecule has 1 heterocycles. The third-order valence-electron chi connectivity index (χ3n) is 5.50. The average Bonchev–Trinajstić information content (AvgIpc) is 2.72. The van der Waals surface area contributed by atoms with Crippen LogP contribution in [0.25, 0.3) is 0 Å². The van der Waals surface area contributed by atoms with Crippen LogP contribution in [0.5, 0.6) is 0 Å². The summed E-state index contributed by atoms with van der Waals surface area (Å²) in [6.07, 6.45) is 1.44. The van der Waals surface area contributed by atoms with E-state index in [2.05, 4.69) is 0 Å². The fourth-order valence-corrected chi connectivity index (χ4v) is 4.08. The van der Waals surface area contributed by atoms with Crippen LogP contribution in [0.15, 0.2) is 59.8 Å². The first-order chi connectivity index (χ1) is 14.5. The van der Waals surface area contributed by atoms with Crippen molar-refractivity contribution in [2.75, 3.05) is 6.61 Å². The van der Waals surface area contributed by atoms with Crippen LogP contribution in [0.4, 0.5) is 4.39 Å². The second kappa shape index (κ2) is 9.70. The standard InChI is InChI=1S/C25H28FNO3/c1-4-10-22-24(25(29)30-5-2)20(19-13-8-6-11-17(19)3)15-23(28)27(22)16-18-12-7-9-14-21(18)26/h6-9,11-14,20H,4-5,10,15-16H2,1-3H3. The minimum atomic E-state index is -0.403. The fraction of sp³-hybridized carbons (Fsp3) is 0.360. The third kappa shape index (κ3) is 4.45. The van der Waals surface area contributed by atoms with Crippen molar-refractivity contribution in [3.8, 4) is 0 Å². The van der Waals surface area contributed by atoms with E-state index in [-0.39, 0.29) is 37.2 Å². The zero-order valence-electron chi connectivity index (χ0n) is 17.8. The van der Waals surface area contributed by atoms with Crippen LogP contribution >= 0.6 is 0 Å². The van der Waals surface area contributed by atoms with Crippen LogP contribution in [0.3, 0.4) is 0 Å². The van der Waals surface area contributed by atoms with E-state index in [0.29, 0.717) is 23.3 Å². The number of rotatable bonds is 7. The first-order valence-electron chi connectivity index (χ1n) is 10.5. The quantitative estimate of drug-likeness (QED) is 0.586. The molecule has 0 aliphatic carbocycles. The summed E-state index contributed by atoms with van der Waals surface area (Å²) < 4.78 is 19.7. The molecule has 30 heavy (non-hydrogen) atoms. The summed E-state index contributed by atoms with van der Waals surface area (Å²) >= 11 is 0. The van der Waals surface area contributed by atoms with E-state index in [9.17, 15) is 14.0 Å². The van der Waals surface area contributed by atoms with E-state index in [4.69, 9.17) is 4.74 Å². The van der Waals surface area contributed by atoms with Gasteiger partial charge in [-0.2, -0.15) is 0 Å². The molecule has 1 atom stereocenters. The first kappa shape index (κ1) is 21.8. The SMILES string of the molecule is CCCC1=C(C(=O)OCC)C(c2ccccc2C)CC(=O)N1Cc1ccccc1F. The van der Waals surface area contributed by atoms with Crippen LogP contribution in [0.1, 0.15) is 55.7 Å². The monoisotopic (exact) mass is 409 g/mol. The van der Waals surface area contributed by atoms with Crippen molar-refractivity contribution < 1.29 is 18.7 Å². The number of hydrogen-bond donors (Lipinski definition) is 0. The lowest BCUT2D eigenvalue weighted by Crippen LogP contribution is -2.39. The zero-order valence-corrected chi connectivity index (χ0v) is 17.8. The predicted octanol–water partition coefficient (Wildman–Crippen LogP) is 5.27. The Labute approximate surface area is 177 Å². The Morgan fingerprint density at radius 3 is 2.50 bits per heavy atom. The maximum absolute atomic E-state index is 14.3. The van der Waals surface area contributed by atoms with E-state index in [1.165, 1.54) is 6.07 Å². The molecule has 2 aromatic carbocycles. The normalized spacial score (nSPS) is 16.7. The van der Waals surface area contributed by atoms with Crippen molar-refractivity contribution in [3.63, 3.8) is 0 Å². The van der Waals surface area contributed by atoms with Gasteiger partial charge in [-0.15, -0.1) is 0 Å². The lowest BCUT2D eigenvalue weighted by molar-refractivity contribution is -0.140. The van der Waals surface area contributed by atoms with E-state index < -0.39 is 5.97 Å². The highest BCUT2D eigenvalue weighted by Crippen LogP contribution is 2.40. The minimum Gasteiger partial charge on any atom is -0.463 e. The summed E-state index contributed by atoms with van der Waals surface area (Å²) in [7, 11) is 0. The van der Waals surface area contributed by atoms with Gasteiger partial charge < -0.3 is 9.64 Å². The first-order valence-corrected chi connectivity index (χ1v) is 10.5. The Bertz CT molecular complexity index is 966. The lowest BCUT2D eigenvalue weighted by Gasteiger charge is -2.36. The van der Waals surface area contributed by atoms with E-state index in [1.54, 1.807) is 30.0 Å². The molecule has 4 nitrogen and oxygen atoms in total. The fourth-order valence-electron chi connectivity index (χ4n) is 4.08. The highest BCUT2D eigenvalue weighted by molar-refractivity contribution is 5.96. The molecule has 0 radical (unpaired) electrons. The molecule has 1 amide bonds. The number of ether oxygens (including phenoxy) is 1. The molecule has 0 aromatic heterocycles. The summed E-state index contributed by atoms with van der Waals surface area (Å²) in [5.74, 6) is -1.24. The second-order valence-electron chi connectivity index (χ2n) is 7.52. The molecule has 2 aromatic rings. The van der Waals surface area contributed by atoms with Gasteiger partial charge in [-0.25, -0.2) is 9.18 Å². The van der Waals surface area contributed by atoms with Gasteiger partial charge in [-0.3, -0.25) is 4.79 Å². The number of carbonyl (C=O) groups is 2. The lowest BCUT2D eigenvalue weighted by atomic mass is 9.80. The molecule has 5 heteroatoms. The average molecular weight is 410 g/mol. The van der Waals surface area contributed by atoms with Gasteiger partial charge in [-0.05, 0) is 37.5 Å². The predicted molar refractivity (Wildman–Crippen MR) is 114 cm³/mol. The number of hydrogen-bond acceptors (Lipinski definition) is 3. The summed E-state index contributed by atoms with van der Waals surface area (Å²) in [6.45, 7) is 6.10. The Balaban J connectivity index is 2.14. The van der Waals surface area contributed by atoms with Gasteiger partial charge in [0.1, 0.15) is 5.82 Å². The largest absolute Gasteiger partial charge is 0.463 e. The van der Waals surface area contributed by atoms with Gasteiger partial charge in [0.15, 0.2) is 0 Å². The summed E-state index contributed by atoms with van der Waals surface area (Å²) in [6, 6.07) is 14.2. The molecule has 0 N–H and O–H groups in total. The molecule has 0 bridgehead atoms. The molecule has 1 aliphatic rings. The third-order valence-corrected chi connectivity index (χ3v) is 5.50. The number of amides is 1. The molecular formula is C25H28FNO3. The smallest absolute Gasteiger partial charge is 0.336 e. The molecular weight excluding hydrogens is 381 g/mol. The molecule has 158 valence electrons. The van der Waals surface area contributed by atoms with Crippen LogP contribution in [-0.4, -0.2) is 23.4 Å². The van der Waals surface area contributed by atoms with E-state index >= 15 is 0 Å². The number of nitrogens with zero attached hydrogens (tertiary/aromatic N) is 1. The van der Waals surface area contributed by atoms with Crippen molar-refractivity contribution in [2.45, 2.75) is 52.5 Å². The Kier molecular flexibility index (Phi) is 7.03. The van der Waals surface area contributed by atoms with Crippen LogP contribution in [-0.2, 0) is 20.9 Å². The van der Waals surface area contributed by atoms with Crippen molar-refractivity contribution in [3.05, 3.63) is 82.3 Å². The summed E-state index contributed by atoms with van der Waals surface area (Å²) in [5, 5.41) is 0.